The van der Waals surface area contributed by atoms with Gasteiger partial charge in [0.1, 0.15) is 0 Å². The van der Waals surface area contributed by atoms with E-state index in [1.165, 1.54) is 38.5 Å². The molecular weight excluding hydrogens is 202 g/mol. The van der Waals surface area contributed by atoms with E-state index in [2.05, 4.69) is 15.5 Å². The number of urea groups is 1. The van der Waals surface area contributed by atoms with Gasteiger partial charge in [-0.15, -0.1) is 0 Å². The van der Waals surface area contributed by atoms with Crippen LogP contribution >= 0.6 is 0 Å². The number of hydrogen-bond acceptors (Lipinski definition) is 2. The van der Waals surface area contributed by atoms with Gasteiger partial charge in [-0.1, -0.05) is 0 Å². The molecule has 16 heavy (non-hydrogen) atoms. The first-order chi connectivity index (χ1) is 7.84. The molecule has 4 heteroatoms. The van der Waals surface area contributed by atoms with Gasteiger partial charge in [0, 0.05) is 24.7 Å². The largest absolute Gasteiger partial charge is 0.335 e. The predicted octanol–water partition coefficient (Wildman–Crippen LogP) is 1.07. The van der Waals surface area contributed by atoms with Gasteiger partial charge < -0.3 is 15.5 Å². The highest BCUT2D eigenvalue weighted by atomic mass is 16.2. The smallest absolute Gasteiger partial charge is 0.317 e. The van der Waals surface area contributed by atoms with Crippen LogP contribution in [0.2, 0.25) is 0 Å². The molecule has 0 bridgehead atoms. The molecule has 0 aromatic carbocycles. The Morgan fingerprint density at radius 2 is 2.06 bits per heavy atom. The number of carbonyl (C=O) groups excluding carboxylic acids is 1. The first-order valence-corrected chi connectivity index (χ1v) is 6.65. The lowest BCUT2D eigenvalue weighted by molar-refractivity contribution is 0.181. The summed E-state index contributed by atoms with van der Waals surface area (Å²) in [7, 11) is 0. The first-order valence-electron chi connectivity index (χ1n) is 6.65. The minimum absolute atomic E-state index is 0.179. The number of rotatable bonds is 2. The van der Waals surface area contributed by atoms with E-state index in [0.29, 0.717) is 18.1 Å². The fraction of sp³-hybridized carbons (Fsp3) is 0.917. The summed E-state index contributed by atoms with van der Waals surface area (Å²) in [4.78, 5) is 14.1. The Labute approximate surface area is 96.8 Å². The molecule has 3 rings (SSSR count). The minimum atomic E-state index is 0.179. The Bertz CT molecular complexity index is 271. The Hall–Kier alpha value is -0.770. The highest BCUT2D eigenvalue weighted by molar-refractivity contribution is 5.75. The highest BCUT2D eigenvalue weighted by Gasteiger charge is 2.37. The van der Waals surface area contributed by atoms with E-state index in [1.54, 1.807) is 0 Å². The summed E-state index contributed by atoms with van der Waals surface area (Å²) < 4.78 is 0. The highest BCUT2D eigenvalue weighted by Crippen LogP contribution is 2.26. The molecule has 2 aliphatic heterocycles. The SMILES string of the molecule is O=C(NC1CC1)N1CCCC1C1CCCN1. The summed E-state index contributed by atoms with van der Waals surface area (Å²) in [6.45, 7) is 2.07. The zero-order chi connectivity index (χ0) is 11.0. The molecule has 2 saturated heterocycles. The fourth-order valence-electron chi connectivity index (χ4n) is 2.99. The third-order valence-corrected chi connectivity index (χ3v) is 4.03. The molecule has 0 aromatic rings. The van der Waals surface area contributed by atoms with Crippen LogP contribution in [0.15, 0.2) is 0 Å². The van der Waals surface area contributed by atoms with E-state index in [9.17, 15) is 4.79 Å². The first kappa shape index (κ1) is 10.4. The van der Waals surface area contributed by atoms with E-state index in [1.807, 2.05) is 0 Å². The van der Waals surface area contributed by atoms with Crippen molar-refractivity contribution in [3.05, 3.63) is 0 Å². The lowest BCUT2D eigenvalue weighted by atomic mass is 10.0. The molecule has 2 N–H and O–H groups in total. The fourth-order valence-corrected chi connectivity index (χ4v) is 2.99. The summed E-state index contributed by atoms with van der Waals surface area (Å²) in [5.41, 5.74) is 0. The zero-order valence-corrected chi connectivity index (χ0v) is 9.74. The second-order valence-electron chi connectivity index (χ2n) is 5.33. The molecule has 1 saturated carbocycles. The summed E-state index contributed by atoms with van der Waals surface area (Å²) in [5.74, 6) is 0. The summed E-state index contributed by atoms with van der Waals surface area (Å²) in [6, 6.07) is 1.65. The lowest BCUT2D eigenvalue weighted by Gasteiger charge is -2.29. The van der Waals surface area contributed by atoms with Gasteiger partial charge in [-0.3, -0.25) is 0 Å². The Balaban J connectivity index is 1.60. The molecule has 2 unspecified atom stereocenters. The van der Waals surface area contributed by atoms with Crippen molar-refractivity contribution in [2.24, 2.45) is 0 Å². The Morgan fingerprint density at radius 3 is 2.75 bits per heavy atom. The van der Waals surface area contributed by atoms with Crippen LogP contribution in [0.5, 0.6) is 0 Å². The van der Waals surface area contributed by atoms with Crippen molar-refractivity contribution >= 4 is 6.03 Å². The molecular formula is C12H21N3O. The second kappa shape index (κ2) is 4.24. The lowest BCUT2D eigenvalue weighted by Crippen LogP contribution is -2.50. The Morgan fingerprint density at radius 1 is 1.19 bits per heavy atom. The third-order valence-electron chi connectivity index (χ3n) is 4.03. The molecule has 0 radical (unpaired) electrons. The molecule has 0 aromatic heterocycles. The van der Waals surface area contributed by atoms with Crippen LogP contribution in [0, 0.1) is 0 Å². The number of likely N-dealkylation sites (tertiary alicyclic amines) is 1. The third kappa shape index (κ3) is 2.03. The van der Waals surface area contributed by atoms with Crippen LogP contribution in [0.25, 0.3) is 0 Å². The van der Waals surface area contributed by atoms with E-state index in [4.69, 9.17) is 0 Å². The van der Waals surface area contributed by atoms with Crippen molar-refractivity contribution in [2.75, 3.05) is 13.1 Å². The van der Waals surface area contributed by atoms with Crippen molar-refractivity contribution in [3.63, 3.8) is 0 Å². The molecule has 2 amide bonds. The Kier molecular flexibility index (Phi) is 2.75. The van der Waals surface area contributed by atoms with Gasteiger partial charge in [0.2, 0.25) is 0 Å². The number of carbonyl (C=O) groups is 1. The maximum atomic E-state index is 12.0. The van der Waals surface area contributed by atoms with Gasteiger partial charge in [0.25, 0.3) is 0 Å². The van der Waals surface area contributed by atoms with Crippen molar-refractivity contribution < 1.29 is 4.79 Å². The zero-order valence-electron chi connectivity index (χ0n) is 9.74. The average Bonchev–Trinajstić information content (AvgIpc) is 2.84. The number of nitrogens with one attached hydrogen (secondary N) is 2. The van der Waals surface area contributed by atoms with Crippen LogP contribution in [0.3, 0.4) is 0 Å². The van der Waals surface area contributed by atoms with Gasteiger partial charge >= 0.3 is 6.03 Å². The maximum Gasteiger partial charge on any atom is 0.317 e. The van der Waals surface area contributed by atoms with Crippen LogP contribution in [0.4, 0.5) is 4.79 Å². The van der Waals surface area contributed by atoms with Crippen LogP contribution in [0.1, 0.15) is 38.5 Å². The van der Waals surface area contributed by atoms with Crippen LogP contribution < -0.4 is 10.6 Å². The number of nitrogens with zero attached hydrogens (tertiary/aromatic N) is 1. The van der Waals surface area contributed by atoms with Crippen molar-refractivity contribution in [1.29, 1.82) is 0 Å². The van der Waals surface area contributed by atoms with Gasteiger partial charge in [0.15, 0.2) is 0 Å². The topological polar surface area (TPSA) is 44.4 Å². The molecule has 2 heterocycles. The van der Waals surface area contributed by atoms with E-state index in [-0.39, 0.29) is 6.03 Å². The van der Waals surface area contributed by atoms with E-state index < -0.39 is 0 Å². The summed E-state index contributed by atoms with van der Waals surface area (Å²) >= 11 is 0. The monoisotopic (exact) mass is 223 g/mol. The number of amides is 2. The van der Waals surface area contributed by atoms with Crippen LogP contribution in [-0.4, -0.2) is 42.1 Å². The summed E-state index contributed by atoms with van der Waals surface area (Å²) in [6.07, 6.45) is 7.19. The van der Waals surface area contributed by atoms with Crippen molar-refractivity contribution in [1.82, 2.24) is 15.5 Å². The van der Waals surface area contributed by atoms with Crippen molar-refractivity contribution in [3.8, 4) is 0 Å². The molecule has 3 fully saturated rings. The quantitative estimate of drug-likeness (QED) is 0.735. The van der Waals surface area contributed by atoms with Gasteiger partial charge in [-0.25, -0.2) is 4.79 Å². The molecule has 1 aliphatic carbocycles. The molecule has 3 aliphatic rings. The van der Waals surface area contributed by atoms with Gasteiger partial charge in [-0.2, -0.15) is 0 Å². The summed E-state index contributed by atoms with van der Waals surface area (Å²) in [5, 5.41) is 6.64. The predicted molar refractivity (Wildman–Crippen MR) is 62.3 cm³/mol. The van der Waals surface area contributed by atoms with E-state index in [0.717, 1.165) is 13.1 Å². The molecule has 2 atom stereocenters. The van der Waals surface area contributed by atoms with E-state index >= 15 is 0 Å². The van der Waals surface area contributed by atoms with Crippen molar-refractivity contribution in [2.45, 2.75) is 56.7 Å². The average molecular weight is 223 g/mol. The standard InChI is InChI=1S/C12H21N3O/c16-12(14-9-5-6-9)15-8-2-4-11(15)10-3-1-7-13-10/h9-11,13H,1-8H2,(H,14,16). The van der Waals surface area contributed by atoms with Gasteiger partial charge in [-0.05, 0) is 45.1 Å². The maximum absolute atomic E-state index is 12.0. The normalized spacial score (nSPS) is 34.4. The molecule has 0 spiro atoms. The minimum Gasteiger partial charge on any atom is -0.335 e. The molecule has 4 nitrogen and oxygen atoms in total. The van der Waals surface area contributed by atoms with Gasteiger partial charge in [0.05, 0.1) is 0 Å². The van der Waals surface area contributed by atoms with Crippen LogP contribution in [-0.2, 0) is 0 Å². The second-order valence-corrected chi connectivity index (χ2v) is 5.33. The number of hydrogen-bond donors (Lipinski definition) is 2. The molecule has 90 valence electrons.